The third-order valence-corrected chi connectivity index (χ3v) is 5.31. The molecule has 0 unspecified atom stereocenters. The second-order valence-electron chi connectivity index (χ2n) is 8.74. The molecule has 0 bridgehead atoms. The minimum absolute atomic E-state index is 0.0178. The molecule has 0 saturated carbocycles. The van der Waals surface area contributed by atoms with Crippen LogP contribution in [0.3, 0.4) is 0 Å². The molecule has 2 aromatic carbocycles. The third kappa shape index (κ3) is 4.42. The molecule has 4 nitrogen and oxygen atoms in total. The molecular weight excluding hydrogens is 415 g/mol. The van der Waals surface area contributed by atoms with Gasteiger partial charge in [0, 0.05) is 17.2 Å². The number of hydrogen-bond acceptors (Lipinski definition) is 3. The van der Waals surface area contributed by atoms with Crippen molar-refractivity contribution in [1.29, 1.82) is 0 Å². The van der Waals surface area contributed by atoms with E-state index in [1.54, 1.807) is 30.3 Å². The normalized spacial score (nSPS) is 12.3. The number of fused-ring (bicyclic) bond motifs is 1. The number of carbonyl (C=O) groups is 1. The van der Waals surface area contributed by atoms with E-state index < -0.39 is 11.7 Å². The molecular formula is C25H22F3N3O. The molecule has 32 heavy (non-hydrogen) atoms. The second-order valence-corrected chi connectivity index (χ2v) is 8.74. The molecule has 0 fully saturated rings. The number of alkyl halides is 3. The lowest BCUT2D eigenvalue weighted by Crippen LogP contribution is -2.12. The highest BCUT2D eigenvalue weighted by molar-refractivity contribution is 5.97. The van der Waals surface area contributed by atoms with Gasteiger partial charge in [-0.25, -0.2) is 9.50 Å². The van der Waals surface area contributed by atoms with Gasteiger partial charge in [0.2, 0.25) is 0 Å². The predicted octanol–water partition coefficient (Wildman–Crippen LogP) is 6.14. The van der Waals surface area contributed by atoms with E-state index >= 15 is 0 Å². The van der Waals surface area contributed by atoms with Gasteiger partial charge in [-0.3, -0.25) is 4.79 Å². The van der Waals surface area contributed by atoms with Crippen molar-refractivity contribution in [1.82, 2.24) is 14.6 Å². The molecule has 0 radical (unpaired) electrons. The zero-order chi connectivity index (χ0) is 23.1. The van der Waals surface area contributed by atoms with Crippen molar-refractivity contribution < 1.29 is 18.0 Å². The fourth-order valence-electron chi connectivity index (χ4n) is 3.54. The van der Waals surface area contributed by atoms with Crippen LogP contribution in [0.15, 0.2) is 66.9 Å². The Kier molecular flexibility index (Phi) is 5.36. The van der Waals surface area contributed by atoms with E-state index in [9.17, 15) is 18.0 Å². The van der Waals surface area contributed by atoms with Crippen LogP contribution < -0.4 is 0 Å². The first-order valence-electron chi connectivity index (χ1n) is 10.2. The molecule has 0 spiro atoms. The smallest absolute Gasteiger partial charge is 0.294 e. The number of nitrogens with zero attached hydrogens (tertiary/aromatic N) is 3. The average molecular weight is 437 g/mol. The van der Waals surface area contributed by atoms with Crippen molar-refractivity contribution in [2.24, 2.45) is 0 Å². The van der Waals surface area contributed by atoms with Crippen molar-refractivity contribution in [2.75, 3.05) is 0 Å². The molecule has 164 valence electrons. The van der Waals surface area contributed by atoms with E-state index in [-0.39, 0.29) is 17.6 Å². The van der Waals surface area contributed by atoms with Crippen LogP contribution in [-0.4, -0.2) is 20.4 Å². The van der Waals surface area contributed by atoms with Crippen LogP contribution in [0.1, 0.15) is 48.0 Å². The monoisotopic (exact) mass is 437 g/mol. The highest BCUT2D eigenvalue weighted by Gasteiger charge is 2.30. The maximum Gasteiger partial charge on any atom is 0.416 e. The van der Waals surface area contributed by atoms with Crippen molar-refractivity contribution >= 4 is 11.4 Å². The largest absolute Gasteiger partial charge is 0.416 e. The molecule has 7 heteroatoms. The van der Waals surface area contributed by atoms with Crippen LogP contribution in [0.2, 0.25) is 0 Å². The van der Waals surface area contributed by atoms with Gasteiger partial charge in [-0.2, -0.15) is 18.3 Å². The Morgan fingerprint density at radius 3 is 2.31 bits per heavy atom. The number of benzene rings is 2. The number of carbonyl (C=O) groups excluding carboxylic acids is 1. The number of rotatable bonds is 4. The van der Waals surface area contributed by atoms with Gasteiger partial charge in [0.1, 0.15) is 0 Å². The lowest BCUT2D eigenvalue weighted by molar-refractivity contribution is -0.137. The summed E-state index contributed by atoms with van der Waals surface area (Å²) in [7, 11) is 0. The third-order valence-electron chi connectivity index (χ3n) is 5.31. The summed E-state index contributed by atoms with van der Waals surface area (Å²) in [5, 5.41) is 4.19. The maximum atomic E-state index is 13.2. The van der Waals surface area contributed by atoms with Gasteiger partial charge in [0.25, 0.3) is 0 Å². The number of Topliss-reactive ketones (excluding diaryl/α,β-unsaturated/α-hetero) is 1. The lowest BCUT2D eigenvalue weighted by Gasteiger charge is -2.19. The minimum Gasteiger partial charge on any atom is -0.294 e. The van der Waals surface area contributed by atoms with Gasteiger partial charge in [-0.15, -0.1) is 0 Å². The molecule has 0 aliphatic heterocycles. The molecule has 0 saturated heterocycles. The van der Waals surface area contributed by atoms with Crippen LogP contribution in [0, 0.1) is 0 Å². The van der Waals surface area contributed by atoms with Gasteiger partial charge in [0.05, 0.1) is 29.6 Å². The SMILES string of the molecule is CC(C)(C)c1ccc(C(=O)Cc2cc(-c3cccc(C(F)(F)F)c3)n3nccc3n2)cc1. The molecule has 0 amide bonds. The zero-order valence-corrected chi connectivity index (χ0v) is 17.9. The fraction of sp³-hybridized carbons (Fsp3) is 0.240. The maximum absolute atomic E-state index is 13.2. The van der Waals surface area contributed by atoms with Crippen LogP contribution >= 0.6 is 0 Å². The number of halogens is 3. The van der Waals surface area contributed by atoms with E-state index in [1.807, 2.05) is 12.1 Å². The molecule has 2 aromatic heterocycles. The van der Waals surface area contributed by atoms with Crippen LogP contribution in [0.5, 0.6) is 0 Å². The molecule has 0 aliphatic carbocycles. The van der Waals surface area contributed by atoms with Crippen LogP contribution in [-0.2, 0) is 18.0 Å². The molecule has 0 atom stereocenters. The zero-order valence-electron chi connectivity index (χ0n) is 17.9. The lowest BCUT2D eigenvalue weighted by atomic mass is 9.86. The summed E-state index contributed by atoms with van der Waals surface area (Å²) in [6.45, 7) is 6.30. The number of ketones is 1. The summed E-state index contributed by atoms with van der Waals surface area (Å²) >= 11 is 0. The summed E-state index contributed by atoms with van der Waals surface area (Å²) in [5.74, 6) is -0.114. The minimum atomic E-state index is -4.45. The first kappa shape index (κ1) is 21.7. The Morgan fingerprint density at radius 1 is 0.938 bits per heavy atom. The molecule has 0 N–H and O–H groups in total. The van der Waals surface area contributed by atoms with Crippen molar-refractivity contribution in [3.63, 3.8) is 0 Å². The number of hydrogen-bond donors (Lipinski definition) is 0. The van der Waals surface area contributed by atoms with E-state index in [2.05, 4.69) is 30.9 Å². The molecule has 2 heterocycles. The van der Waals surface area contributed by atoms with Gasteiger partial charge in [-0.05, 0) is 29.2 Å². The van der Waals surface area contributed by atoms with Gasteiger partial charge >= 0.3 is 6.18 Å². The van der Waals surface area contributed by atoms with Crippen molar-refractivity contribution in [2.45, 2.75) is 38.8 Å². The highest BCUT2D eigenvalue weighted by atomic mass is 19.4. The molecule has 4 aromatic rings. The fourth-order valence-corrected chi connectivity index (χ4v) is 3.54. The summed E-state index contributed by atoms with van der Waals surface area (Å²) in [6.07, 6.45) is -2.90. The molecule has 0 aliphatic rings. The van der Waals surface area contributed by atoms with E-state index in [0.29, 0.717) is 28.2 Å². The summed E-state index contributed by atoms with van der Waals surface area (Å²) in [4.78, 5) is 17.3. The summed E-state index contributed by atoms with van der Waals surface area (Å²) in [6, 6.07) is 15.8. The highest BCUT2D eigenvalue weighted by Crippen LogP contribution is 2.32. The quantitative estimate of drug-likeness (QED) is 0.361. The molecule has 4 rings (SSSR count). The van der Waals surface area contributed by atoms with Crippen molar-refractivity contribution in [3.8, 4) is 11.3 Å². The van der Waals surface area contributed by atoms with Crippen LogP contribution in [0.25, 0.3) is 16.9 Å². The average Bonchev–Trinajstić information content (AvgIpc) is 3.21. The summed E-state index contributed by atoms with van der Waals surface area (Å²) in [5.41, 5.74) is 2.64. The Hall–Kier alpha value is -3.48. The second kappa shape index (κ2) is 7.89. The Bertz CT molecular complexity index is 1280. The van der Waals surface area contributed by atoms with Gasteiger partial charge < -0.3 is 0 Å². The van der Waals surface area contributed by atoms with E-state index in [0.717, 1.165) is 17.7 Å². The van der Waals surface area contributed by atoms with E-state index in [1.165, 1.54) is 16.8 Å². The first-order valence-corrected chi connectivity index (χ1v) is 10.2. The van der Waals surface area contributed by atoms with Crippen molar-refractivity contribution in [3.05, 3.63) is 89.2 Å². The van der Waals surface area contributed by atoms with Gasteiger partial charge in [0.15, 0.2) is 11.4 Å². The van der Waals surface area contributed by atoms with E-state index in [4.69, 9.17) is 0 Å². The number of aromatic nitrogens is 3. The first-order chi connectivity index (χ1) is 15.0. The topological polar surface area (TPSA) is 47.3 Å². The summed E-state index contributed by atoms with van der Waals surface area (Å²) < 4.78 is 41.1. The predicted molar refractivity (Wildman–Crippen MR) is 117 cm³/mol. The Morgan fingerprint density at radius 2 is 1.66 bits per heavy atom. The van der Waals surface area contributed by atoms with Crippen LogP contribution in [0.4, 0.5) is 13.2 Å². The van der Waals surface area contributed by atoms with Gasteiger partial charge in [-0.1, -0.05) is 57.2 Å². The standard InChI is InChI=1S/C25H22F3N3O/c1-24(2,3)18-9-7-16(8-10-18)22(32)15-20-14-21(31-23(30-20)11-12-29-31)17-5-4-6-19(13-17)25(26,27)28/h4-14H,15H2,1-3H3. The Labute approximate surface area is 183 Å². The Balaban J connectivity index is 1.69.